The molecule has 2 N–H and O–H groups in total. The Kier molecular flexibility index (Phi) is 6.26. The van der Waals surface area contributed by atoms with Gasteiger partial charge in [0, 0.05) is 19.3 Å². The molecule has 0 bridgehead atoms. The Labute approximate surface area is 110 Å². The van der Waals surface area contributed by atoms with Crippen LogP contribution in [0.1, 0.15) is 31.2 Å². The van der Waals surface area contributed by atoms with Crippen LogP contribution in [0, 0.1) is 12.8 Å². The lowest BCUT2D eigenvalue weighted by Gasteiger charge is -2.15. The first-order valence-electron chi connectivity index (χ1n) is 6.59. The molecule has 0 aliphatic heterocycles. The summed E-state index contributed by atoms with van der Waals surface area (Å²) in [6, 6.07) is 7.79. The number of rotatable bonds is 3. The number of carbonyl (C=O) groups excluding carboxylic acids is 1. The number of anilines is 1. The van der Waals surface area contributed by atoms with E-state index in [0.29, 0.717) is 0 Å². The topological polar surface area (TPSA) is 46.3 Å². The molecule has 3 heteroatoms. The van der Waals surface area contributed by atoms with E-state index in [0.717, 1.165) is 24.6 Å². The highest BCUT2D eigenvalue weighted by Gasteiger charge is 2.15. The Morgan fingerprint density at radius 1 is 1.28 bits per heavy atom. The quantitative estimate of drug-likeness (QED) is 0.660. The average molecular weight is 248 g/mol. The van der Waals surface area contributed by atoms with Crippen molar-refractivity contribution in [1.82, 2.24) is 4.90 Å². The molecule has 1 fully saturated rings. The van der Waals surface area contributed by atoms with Gasteiger partial charge >= 0.3 is 0 Å². The summed E-state index contributed by atoms with van der Waals surface area (Å²) in [6.45, 7) is 3.00. The van der Waals surface area contributed by atoms with Crippen LogP contribution < -0.4 is 5.73 Å². The minimum Gasteiger partial charge on any atom is -0.399 e. The van der Waals surface area contributed by atoms with E-state index < -0.39 is 0 Å². The van der Waals surface area contributed by atoms with Crippen LogP contribution in [0.2, 0.25) is 0 Å². The van der Waals surface area contributed by atoms with Gasteiger partial charge in [0.05, 0.1) is 0 Å². The van der Waals surface area contributed by atoms with Gasteiger partial charge < -0.3 is 10.6 Å². The van der Waals surface area contributed by atoms with Crippen molar-refractivity contribution in [2.24, 2.45) is 5.92 Å². The van der Waals surface area contributed by atoms with Crippen molar-refractivity contribution in [3.8, 4) is 0 Å². The van der Waals surface area contributed by atoms with Gasteiger partial charge in [0.2, 0.25) is 6.41 Å². The van der Waals surface area contributed by atoms with Gasteiger partial charge in [-0.25, -0.2) is 0 Å². The Bertz CT molecular complexity index is 321. The van der Waals surface area contributed by atoms with Crippen LogP contribution in [-0.2, 0) is 4.79 Å². The first-order chi connectivity index (χ1) is 8.61. The summed E-state index contributed by atoms with van der Waals surface area (Å²) in [7, 11) is 1.85. The number of nitrogen functional groups attached to an aromatic ring is 1. The number of nitrogens with zero attached hydrogens (tertiary/aromatic N) is 1. The Morgan fingerprint density at radius 2 is 1.83 bits per heavy atom. The van der Waals surface area contributed by atoms with E-state index in [1.165, 1.54) is 31.2 Å². The third kappa shape index (κ3) is 5.71. The number of aryl methyl sites for hydroxylation is 1. The summed E-state index contributed by atoms with van der Waals surface area (Å²) in [5.74, 6) is 0.787. The lowest BCUT2D eigenvalue weighted by molar-refractivity contribution is -0.117. The lowest BCUT2D eigenvalue weighted by atomic mass is 10.1. The summed E-state index contributed by atoms with van der Waals surface area (Å²) in [5.41, 5.74) is 7.51. The second kappa shape index (κ2) is 7.75. The maximum absolute atomic E-state index is 10.2. The molecule has 0 radical (unpaired) electrons. The molecule has 0 unspecified atom stereocenters. The van der Waals surface area contributed by atoms with Crippen molar-refractivity contribution in [2.75, 3.05) is 19.3 Å². The number of benzene rings is 1. The summed E-state index contributed by atoms with van der Waals surface area (Å²) in [4.78, 5) is 12.0. The van der Waals surface area contributed by atoms with E-state index in [2.05, 4.69) is 0 Å². The lowest BCUT2D eigenvalue weighted by Crippen LogP contribution is -2.22. The third-order valence-electron chi connectivity index (χ3n) is 3.28. The van der Waals surface area contributed by atoms with Crippen LogP contribution in [-0.4, -0.2) is 24.9 Å². The average Bonchev–Trinajstić information content (AvgIpc) is 2.86. The van der Waals surface area contributed by atoms with Gasteiger partial charge in [-0.2, -0.15) is 0 Å². The van der Waals surface area contributed by atoms with Crippen LogP contribution in [0.3, 0.4) is 0 Å². The van der Waals surface area contributed by atoms with Gasteiger partial charge in [-0.1, -0.05) is 30.5 Å². The van der Waals surface area contributed by atoms with E-state index in [9.17, 15) is 4.79 Å². The van der Waals surface area contributed by atoms with Gasteiger partial charge in [0.25, 0.3) is 0 Å². The molecule has 0 saturated heterocycles. The number of hydrogen-bond acceptors (Lipinski definition) is 2. The molecule has 0 spiro atoms. The minimum atomic E-state index is 0.787. The van der Waals surface area contributed by atoms with Crippen molar-refractivity contribution in [1.29, 1.82) is 0 Å². The van der Waals surface area contributed by atoms with E-state index in [-0.39, 0.29) is 0 Å². The second-order valence-electron chi connectivity index (χ2n) is 5.11. The molecule has 3 nitrogen and oxygen atoms in total. The Hall–Kier alpha value is -1.51. The van der Waals surface area contributed by atoms with E-state index in [4.69, 9.17) is 5.73 Å². The van der Waals surface area contributed by atoms with Crippen molar-refractivity contribution < 1.29 is 4.79 Å². The smallest absolute Gasteiger partial charge is 0.209 e. The summed E-state index contributed by atoms with van der Waals surface area (Å²) < 4.78 is 0. The molecular weight excluding hydrogens is 224 g/mol. The highest BCUT2D eigenvalue weighted by molar-refractivity contribution is 5.46. The van der Waals surface area contributed by atoms with Crippen molar-refractivity contribution in [3.63, 3.8) is 0 Å². The Balaban J connectivity index is 0.000000184. The molecular formula is C15H24N2O. The van der Waals surface area contributed by atoms with Gasteiger partial charge in [-0.05, 0) is 37.8 Å². The number of hydrogen-bond donors (Lipinski definition) is 1. The molecule has 1 aliphatic carbocycles. The highest BCUT2D eigenvalue weighted by Crippen LogP contribution is 2.24. The summed E-state index contributed by atoms with van der Waals surface area (Å²) in [6.07, 6.45) is 6.27. The fraction of sp³-hybridized carbons (Fsp3) is 0.533. The molecule has 100 valence electrons. The van der Waals surface area contributed by atoms with Crippen LogP contribution >= 0.6 is 0 Å². The normalized spacial score (nSPS) is 14.8. The third-order valence-corrected chi connectivity index (χ3v) is 3.28. The monoisotopic (exact) mass is 248 g/mol. The molecule has 1 aromatic carbocycles. The van der Waals surface area contributed by atoms with Crippen LogP contribution in [0.5, 0.6) is 0 Å². The van der Waals surface area contributed by atoms with Crippen LogP contribution in [0.25, 0.3) is 0 Å². The highest BCUT2D eigenvalue weighted by atomic mass is 16.1. The summed E-state index contributed by atoms with van der Waals surface area (Å²) in [5, 5.41) is 0. The minimum absolute atomic E-state index is 0.787. The van der Waals surface area contributed by atoms with Gasteiger partial charge in [0.1, 0.15) is 0 Å². The number of nitrogens with two attached hydrogens (primary N) is 1. The van der Waals surface area contributed by atoms with Crippen LogP contribution in [0.15, 0.2) is 24.3 Å². The van der Waals surface area contributed by atoms with Crippen molar-refractivity contribution >= 4 is 12.1 Å². The van der Waals surface area contributed by atoms with Gasteiger partial charge in [-0.3, -0.25) is 4.79 Å². The van der Waals surface area contributed by atoms with E-state index in [1.54, 1.807) is 4.90 Å². The molecule has 1 aliphatic rings. The number of amides is 1. The molecule has 1 aromatic rings. The molecule has 0 heterocycles. The standard InChI is InChI=1S/C8H15NO.C7H9N/c1-9(7-10)6-8-4-2-3-5-8;1-6-2-4-7(8)5-3-6/h7-8H,2-6H2,1H3;2-5H,8H2,1H3. The molecule has 0 atom stereocenters. The molecule has 2 rings (SSSR count). The van der Waals surface area contributed by atoms with Crippen LogP contribution in [0.4, 0.5) is 5.69 Å². The fourth-order valence-electron chi connectivity index (χ4n) is 2.21. The molecule has 18 heavy (non-hydrogen) atoms. The first kappa shape index (κ1) is 14.6. The molecule has 1 amide bonds. The zero-order valence-electron chi connectivity index (χ0n) is 11.4. The molecule has 0 aromatic heterocycles. The van der Waals surface area contributed by atoms with Gasteiger partial charge in [-0.15, -0.1) is 0 Å². The SMILES string of the molecule is CN(C=O)CC1CCCC1.Cc1ccc(N)cc1. The van der Waals surface area contributed by atoms with Crippen molar-refractivity contribution in [3.05, 3.63) is 29.8 Å². The zero-order chi connectivity index (χ0) is 13.4. The largest absolute Gasteiger partial charge is 0.399 e. The number of carbonyl (C=O) groups is 1. The van der Waals surface area contributed by atoms with Gasteiger partial charge in [0.15, 0.2) is 0 Å². The van der Waals surface area contributed by atoms with E-state index >= 15 is 0 Å². The maximum Gasteiger partial charge on any atom is 0.209 e. The summed E-state index contributed by atoms with van der Waals surface area (Å²) >= 11 is 0. The molecule has 1 saturated carbocycles. The second-order valence-corrected chi connectivity index (χ2v) is 5.11. The first-order valence-corrected chi connectivity index (χ1v) is 6.59. The maximum atomic E-state index is 10.2. The Morgan fingerprint density at radius 3 is 2.28 bits per heavy atom. The predicted molar refractivity (Wildman–Crippen MR) is 76.2 cm³/mol. The predicted octanol–water partition coefficient (Wildman–Crippen LogP) is 2.84. The van der Waals surface area contributed by atoms with E-state index in [1.807, 2.05) is 38.2 Å². The fourth-order valence-corrected chi connectivity index (χ4v) is 2.21. The zero-order valence-corrected chi connectivity index (χ0v) is 11.4. The van der Waals surface area contributed by atoms with Crippen molar-refractivity contribution in [2.45, 2.75) is 32.6 Å².